The number of halogens is 1. The van der Waals surface area contributed by atoms with Crippen LogP contribution in [0.5, 0.6) is 0 Å². The average Bonchev–Trinajstić information content (AvgIpc) is 2.75. The molecule has 0 unspecified atom stereocenters. The number of piperidine rings is 1. The zero-order chi connectivity index (χ0) is 21.3. The van der Waals surface area contributed by atoms with Crippen molar-refractivity contribution < 1.29 is 14.0 Å². The van der Waals surface area contributed by atoms with Crippen LogP contribution in [0.1, 0.15) is 29.5 Å². The molecule has 6 heteroatoms. The van der Waals surface area contributed by atoms with Crippen molar-refractivity contribution in [2.45, 2.75) is 31.9 Å². The van der Waals surface area contributed by atoms with Gasteiger partial charge in [0.2, 0.25) is 11.8 Å². The largest absolute Gasteiger partial charge is 0.356 e. The molecule has 30 heavy (non-hydrogen) atoms. The van der Waals surface area contributed by atoms with E-state index in [1.54, 1.807) is 30.0 Å². The second-order valence-electron chi connectivity index (χ2n) is 7.77. The van der Waals surface area contributed by atoms with Crippen LogP contribution in [0.4, 0.5) is 4.39 Å². The fourth-order valence-corrected chi connectivity index (χ4v) is 4.58. The number of rotatable bonds is 8. The van der Waals surface area contributed by atoms with Crippen molar-refractivity contribution in [2.24, 2.45) is 5.92 Å². The van der Waals surface area contributed by atoms with Crippen molar-refractivity contribution in [2.75, 3.05) is 25.4 Å². The van der Waals surface area contributed by atoms with E-state index in [1.807, 2.05) is 11.0 Å². The van der Waals surface area contributed by atoms with Gasteiger partial charge in [0.05, 0.1) is 5.75 Å². The molecule has 1 heterocycles. The minimum Gasteiger partial charge on any atom is -0.356 e. The summed E-state index contributed by atoms with van der Waals surface area (Å²) in [5, 5.41) is 2.92. The Balaban J connectivity index is 1.34. The zero-order valence-corrected chi connectivity index (χ0v) is 18.2. The summed E-state index contributed by atoms with van der Waals surface area (Å²) in [6.45, 7) is 3.73. The first kappa shape index (κ1) is 22.3. The number of nitrogens with zero attached hydrogens (tertiary/aromatic N) is 1. The molecular weight excluding hydrogens is 399 g/mol. The maximum atomic E-state index is 13.6. The lowest BCUT2D eigenvalue weighted by atomic mass is 9.96. The highest BCUT2D eigenvalue weighted by Crippen LogP contribution is 2.20. The lowest BCUT2D eigenvalue weighted by Crippen LogP contribution is -2.44. The normalized spacial score (nSPS) is 14.5. The predicted octanol–water partition coefficient (Wildman–Crippen LogP) is 3.96. The van der Waals surface area contributed by atoms with E-state index >= 15 is 0 Å². The van der Waals surface area contributed by atoms with E-state index in [0.717, 1.165) is 5.75 Å². The van der Waals surface area contributed by atoms with Gasteiger partial charge in [-0.15, -0.1) is 11.8 Å². The number of aryl methyl sites for hydroxylation is 1. The summed E-state index contributed by atoms with van der Waals surface area (Å²) in [6, 6.07) is 15.0. The van der Waals surface area contributed by atoms with Crippen LogP contribution in [0.15, 0.2) is 48.5 Å². The summed E-state index contributed by atoms with van der Waals surface area (Å²) in [5.41, 5.74) is 3.08. The van der Waals surface area contributed by atoms with E-state index in [0.29, 0.717) is 50.2 Å². The summed E-state index contributed by atoms with van der Waals surface area (Å²) < 4.78 is 13.6. The summed E-state index contributed by atoms with van der Waals surface area (Å²) in [5.74, 6) is 1.13. The molecule has 0 aromatic heterocycles. The number of amides is 2. The molecule has 2 aromatic carbocycles. The highest BCUT2D eigenvalue weighted by Gasteiger charge is 2.27. The van der Waals surface area contributed by atoms with Gasteiger partial charge in [0.15, 0.2) is 0 Å². The van der Waals surface area contributed by atoms with Gasteiger partial charge in [0.25, 0.3) is 0 Å². The average molecular weight is 429 g/mol. The molecule has 2 aromatic rings. The molecule has 1 N–H and O–H groups in total. The van der Waals surface area contributed by atoms with Crippen LogP contribution >= 0.6 is 11.8 Å². The van der Waals surface area contributed by atoms with Gasteiger partial charge in [0, 0.05) is 31.3 Å². The van der Waals surface area contributed by atoms with E-state index in [-0.39, 0.29) is 23.5 Å². The summed E-state index contributed by atoms with van der Waals surface area (Å²) in [7, 11) is 0. The highest BCUT2D eigenvalue weighted by atomic mass is 32.2. The van der Waals surface area contributed by atoms with Crippen molar-refractivity contribution >= 4 is 23.6 Å². The highest BCUT2D eigenvalue weighted by molar-refractivity contribution is 7.99. The van der Waals surface area contributed by atoms with E-state index in [2.05, 4.69) is 30.4 Å². The maximum absolute atomic E-state index is 13.6. The number of benzene rings is 2. The second kappa shape index (κ2) is 11.2. The molecule has 2 amide bonds. The first-order valence-electron chi connectivity index (χ1n) is 10.4. The minimum atomic E-state index is -0.237. The number of hydrogen-bond donors (Lipinski definition) is 1. The van der Waals surface area contributed by atoms with Crippen molar-refractivity contribution in [3.8, 4) is 0 Å². The number of likely N-dealkylation sites (tertiary alicyclic amines) is 1. The lowest BCUT2D eigenvalue weighted by molar-refractivity contribution is -0.133. The van der Waals surface area contributed by atoms with Crippen molar-refractivity contribution in [3.63, 3.8) is 0 Å². The Morgan fingerprint density at radius 1 is 1.13 bits per heavy atom. The third kappa shape index (κ3) is 6.59. The SMILES string of the molecule is Cc1cccc(CSCC(=O)N2CCC(C(=O)NCCc3ccccc3F)CC2)c1. The van der Waals surface area contributed by atoms with Crippen LogP contribution in [0.2, 0.25) is 0 Å². The van der Waals surface area contributed by atoms with Crippen LogP contribution in [0.25, 0.3) is 0 Å². The molecular formula is C24H29FN2O2S. The van der Waals surface area contributed by atoms with E-state index in [1.165, 1.54) is 17.2 Å². The summed E-state index contributed by atoms with van der Waals surface area (Å²) in [6.07, 6.45) is 1.84. The van der Waals surface area contributed by atoms with Crippen LogP contribution in [0.3, 0.4) is 0 Å². The minimum absolute atomic E-state index is 0.00672. The molecule has 0 radical (unpaired) electrons. The van der Waals surface area contributed by atoms with Gasteiger partial charge in [-0.05, 0) is 43.4 Å². The van der Waals surface area contributed by atoms with Gasteiger partial charge >= 0.3 is 0 Å². The molecule has 1 aliphatic rings. The summed E-state index contributed by atoms with van der Waals surface area (Å²) in [4.78, 5) is 26.7. The topological polar surface area (TPSA) is 49.4 Å². The molecule has 1 aliphatic heterocycles. The molecule has 3 rings (SSSR count). The molecule has 0 aliphatic carbocycles. The van der Waals surface area contributed by atoms with Gasteiger partial charge < -0.3 is 10.2 Å². The molecule has 0 saturated carbocycles. The van der Waals surface area contributed by atoms with Crippen LogP contribution in [0, 0.1) is 18.7 Å². The third-order valence-corrected chi connectivity index (χ3v) is 6.44. The zero-order valence-electron chi connectivity index (χ0n) is 17.4. The fourth-order valence-electron chi connectivity index (χ4n) is 3.71. The molecule has 160 valence electrons. The Kier molecular flexibility index (Phi) is 8.31. The van der Waals surface area contributed by atoms with Crippen molar-refractivity contribution in [1.82, 2.24) is 10.2 Å². The van der Waals surface area contributed by atoms with E-state index in [9.17, 15) is 14.0 Å². The maximum Gasteiger partial charge on any atom is 0.232 e. The number of thioether (sulfide) groups is 1. The Morgan fingerprint density at radius 2 is 1.90 bits per heavy atom. The Morgan fingerprint density at radius 3 is 2.63 bits per heavy atom. The molecule has 0 spiro atoms. The van der Waals surface area contributed by atoms with Crippen molar-refractivity contribution in [3.05, 3.63) is 71.0 Å². The smallest absolute Gasteiger partial charge is 0.232 e. The molecule has 1 saturated heterocycles. The van der Waals surface area contributed by atoms with Crippen molar-refractivity contribution in [1.29, 1.82) is 0 Å². The van der Waals surface area contributed by atoms with Crippen LogP contribution < -0.4 is 5.32 Å². The predicted molar refractivity (Wildman–Crippen MR) is 120 cm³/mol. The third-order valence-electron chi connectivity index (χ3n) is 5.45. The van der Waals surface area contributed by atoms with Crippen LogP contribution in [-0.2, 0) is 21.8 Å². The Labute approximate surface area is 182 Å². The molecule has 4 nitrogen and oxygen atoms in total. The van der Waals surface area contributed by atoms with Gasteiger partial charge in [-0.1, -0.05) is 48.0 Å². The number of hydrogen-bond acceptors (Lipinski definition) is 3. The lowest BCUT2D eigenvalue weighted by Gasteiger charge is -2.31. The Bertz CT molecular complexity index is 866. The first-order valence-corrected chi connectivity index (χ1v) is 11.6. The van der Waals surface area contributed by atoms with Gasteiger partial charge in [-0.2, -0.15) is 0 Å². The quantitative estimate of drug-likeness (QED) is 0.692. The van der Waals surface area contributed by atoms with Crippen LogP contribution in [-0.4, -0.2) is 42.1 Å². The van der Waals surface area contributed by atoms with E-state index < -0.39 is 0 Å². The molecule has 1 fully saturated rings. The molecule has 0 bridgehead atoms. The number of carbonyl (C=O) groups is 2. The molecule has 0 atom stereocenters. The number of carbonyl (C=O) groups excluding carboxylic acids is 2. The van der Waals surface area contributed by atoms with Gasteiger partial charge in [-0.25, -0.2) is 4.39 Å². The fraction of sp³-hybridized carbons (Fsp3) is 0.417. The van der Waals surface area contributed by atoms with E-state index in [4.69, 9.17) is 0 Å². The number of nitrogens with one attached hydrogen (secondary N) is 1. The first-order chi connectivity index (χ1) is 14.5. The Hall–Kier alpha value is -2.34. The van der Waals surface area contributed by atoms with Gasteiger partial charge in [-0.3, -0.25) is 9.59 Å². The monoisotopic (exact) mass is 428 g/mol. The van der Waals surface area contributed by atoms with Gasteiger partial charge in [0.1, 0.15) is 5.82 Å². The standard InChI is InChI=1S/C24H29FN2O2S/c1-18-5-4-6-19(15-18)16-30-17-23(28)27-13-10-21(11-14-27)24(29)26-12-9-20-7-2-3-8-22(20)25/h2-8,15,21H,9-14,16-17H2,1H3,(H,26,29). The summed E-state index contributed by atoms with van der Waals surface area (Å²) >= 11 is 1.63. The second-order valence-corrected chi connectivity index (χ2v) is 8.75.